The Labute approximate surface area is 125 Å². The Morgan fingerprint density at radius 2 is 2.00 bits per heavy atom. The lowest BCUT2D eigenvalue weighted by Gasteiger charge is -2.15. The van der Waals surface area contributed by atoms with Crippen molar-refractivity contribution in [3.63, 3.8) is 0 Å². The van der Waals surface area contributed by atoms with Crippen molar-refractivity contribution < 1.29 is 9.15 Å². The lowest BCUT2D eigenvalue weighted by Crippen LogP contribution is -2.17. The molecule has 1 aromatic carbocycles. The second-order valence-corrected chi connectivity index (χ2v) is 5.66. The van der Waals surface area contributed by atoms with Crippen molar-refractivity contribution in [1.82, 2.24) is 0 Å². The van der Waals surface area contributed by atoms with Gasteiger partial charge in [0.25, 0.3) is 5.95 Å². The Morgan fingerprint density at radius 1 is 1.24 bits per heavy atom. The Hall–Kier alpha value is -1.77. The number of benzene rings is 1. The highest BCUT2D eigenvalue weighted by atomic mass is 16.6. The first-order chi connectivity index (χ1) is 10.1. The van der Waals surface area contributed by atoms with Gasteiger partial charge in [-0.2, -0.15) is 0 Å². The van der Waals surface area contributed by atoms with Crippen LogP contribution < -0.4 is 10.2 Å². The molecule has 3 nitrogen and oxygen atoms in total. The molecule has 21 heavy (non-hydrogen) atoms. The van der Waals surface area contributed by atoms with E-state index in [0.29, 0.717) is 28.9 Å². The summed E-state index contributed by atoms with van der Waals surface area (Å²) in [7, 11) is 0. The molecule has 0 amide bonds. The van der Waals surface area contributed by atoms with E-state index in [2.05, 4.69) is 13.8 Å². The predicted octanol–water partition coefficient (Wildman–Crippen LogP) is 4.62. The zero-order valence-corrected chi connectivity index (χ0v) is 13.4. The Morgan fingerprint density at radius 3 is 2.67 bits per heavy atom. The molecule has 1 heterocycles. The maximum atomic E-state index is 12.7. The fourth-order valence-corrected chi connectivity index (χ4v) is 2.54. The van der Waals surface area contributed by atoms with Gasteiger partial charge in [-0.3, -0.25) is 4.79 Å². The monoisotopic (exact) mass is 288 g/mol. The molecule has 0 saturated heterocycles. The van der Waals surface area contributed by atoms with Gasteiger partial charge in [-0.05, 0) is 38.8 Å². The third-order valence-corrected chi connectivity index (χ3v) is 3.61. The smallest absolute Gasteiger partial charge is 0.292 e. The predicted molar refractivity (Wildman–Crippen MR) is 86.2 cm³/mol. The summed E-state index contributed by atoms with van der Waals surface area (Å²) in [5, 5.41) is 0.647. The van der Waals surface area contributed by atoms with Crippen molar-refractivity contribution in [2.75, 3.05) is 0 Å². The molecule has 0 radical (unpaired) electrons. The van der Waals surface area contributed by atoms with E-state index in [-0.39, 0.29) is 11.5 Å². The Bertz CT molecular complexity index is 670. The van der Waals surface area contributed by atoms with Crippen LogP contribution in [0, 0.1) is 6.92 Å². The van der Waals surface area contributed by atoms with Gasteiger partial charge < -0.3 is 9.15 Å². The van der Waals surface area contributed by atoms with Crippen molar-refractivity contribution in [2.24, 2.45) is 0 Å². The van der Waals surface area contributed by atoms with E-state index in [0.717, 1.165) is 24.8 Å². The minimum Gasteiger partial charge on any atom is -0.462 e. The molecule has 2 aromatic rings. The largest absolute Gasteiger partial charge is 0.462 e. The molecule has 0 bridgehead atoms. The van der Waals surface area contributed by atoms with Crippen LogP contribution in [0.1, 0.15) is 51.2 Å². The van der Waals surface area contributed by atoms with Crippen LogP contribution in [-0.4, -0.2) is 6.10 Å². The first kappa shape index (κ1) is 15.6. The molecule has 0 N–H and O–H groups in total. The fraction of sp³-hybridized carbons (Fsp3) is 0.500. The lowest BCUT2D eigenvalue weighted by atomic mass is 10.1. The average molecular weight is 288 g/mol. The molecular formula is C18H24O3. The molecule has 0 saturated carbocycles. The third kappa shape index (κ3) is 3.46. The number of hydrogen-bond donors (Lipinski definition) is 0. The van der Waals surface area contributed by atoms with E-state index in [4.69, 9.17) is 9.15 Å². The molecular weight excluding hydrogens is 264 g/mol. The molecule has 0 aliphatic heterocycles. The van der Waals surface area contributed by atoms with Gasteiger partial charge in [0, 0.05) is 0 Å². The van der Waals surface area contributed by atoms with Gasteiger partial charge in [0.1, 0.15) is 5.58 Å². The summed E-state index contributed by atoms with van der Waals surface area (Å²) in [5.41, 5.74) is 2.37. The topological polar surface area (TPSA) is 39.4 Å². The number of rotatable bonds is 6. The summed E-state index contributed by atoms with van der Waals surface area (Å²) in [5.74, 6) is 0.402. The second-order valence-electron chi connectivity index (χ2n) is 5.66. The van der Waals surface area contributed by atoms with E-state index in [9.17, 15) is 4.79 Å². The number of aryl methyl sites for hydroxylation is 1. The summed E-state index contributed by atoms with van der Waals surface area (Å²) < 4.78 is 11.8. The molecule has 1 atom stereocenters. The fourth-order valence-electron chi connectivity index (χ4n) is 2.54. The highest BCUT2D eigenvalue weighted by Gasteiger charge is 2.17. The number of ether oxygens (including phenoxy) is 1. The van der Waals surface area contributed by atoms with Crippen LogP contribution >= 0.6 is 0 Å². The zero-order chi connectivity index (χ0) is 15.4. The van der Waals surface area contributed by atoms with Gasteiger partial charge in [-0.1, -0.05) is 38.3 Å². The highest BCUT2D eigenvalue weighted by Crippen LogP contribution is 2.25. The van der Waals surface area contributed by atoms with E-state index < -0.39 is 0 Å². The summed E-state index contributed by atoms with van der Waals surface area (Å²) in [6, 6.07) is 5.68. The molecule has 0 spiro atoms. The van der Waals surface area contributed by atoms with Crippen molar-refractivity contribution in [3.05, 3.63) is 39.5 Å². The van der Waals surface area contributed by atoms with Gasteiger partial charge in [-0.15, -0.1) is 0 Å². The standard InChI is InChI=1S/C18H24O3/c1-5-7-13(4)20-18-14(8-6-2)17(19)15-11-12(3)9-10-16(15)21-18/h9-11,13H,5-8H2,1-4H3. The van der Waals surface area contributed by atoms with Crippen LogP contribution in [-0.2, 0) is 6.42 Å². The van der Waals surface area contributed by atoms with E-state index in [1.165, 1.54) is 0 Å². The molecule has 1 aromatic heterocycles. The van der Waals surface area contributed by atoms with E-state index >= 15 is 0 Å². The van der Waals surface area contributed by atoms with Crippen molar-refractivity contribution in [2.45, 2.75) is 59.5 Å². The van der Waals surface area contributed by atoms with Crippen LogP contribution in [0.4, 0.5) is 0 Å². The highest BCUT2D eigenvalue weighted by molar-refractivity contribution is 5.78. The van der Waals surface area contributed by atoms with Crippen LogP contribution in [0.5, 0.6) is 5.95 Å². The van der Waals surface area contributed by atoms with Gasteiger partial charge in [0.05, 0.1) is 17.1 Å². The summed E-state index contributed by atoms with van der Waals surface area (Å²) in [6.07, 6.45) is 3.61. The SMILES string of the molecule is CCCc1c(OC(C)CCC)oc2ccc(C)cc2c1=O. The van der Waals surface area contributed by atoms with Crippen molar-refractivity contribution >= 4 is 11.0 Å². The number of fused-ring (bicyclic) bond motifs is 1. The average Bonchev–Trinajstić information content (AvgIpc) is 2.44. The van der Waals surface area contributed by atoms with Gasteiger partial charge in [0.15, 0.2) is 5.43 Å². The molecule has 3 heteroatoms. The van der Waals surface area contributed by atoms with Crippen LogP contribution in [0.15, 0.2) is 27.4 Å². The normalized spacial score (nSPS) is 12.6. The van der Waals surface area contributed by atoms with Crippen LogP contribution in [0.25, 0.3) is 11.0 Å². The number of hydrogen-bond acceptors (Lipinski definition) is 3. The van der Waals surface area contributed by atoms with Crippen LogP contribution in [0.3, 0.4) is 0 Å². The molecule has 0 aliphatic rings. The first-order valence-corrected chi connectivity index (χ1v) is 7.79. The summed E-state index contributed by atoms with van der Waals surface area (Å²) >= 11 is 0. The molecule has 0 aliphatic carbocycles. The Kier molecular flexibility index (Phi) is 5.05. The van der Waals surface area contributed by atoms with Crippen molar-refractivity contribution in [3.8, 4) is 5.95 Å². The Balaban J connectivity index is 2.54. The molecule has 1 unspecified atom stereocenters. The lowest BCUT2D eigenvalue weighted by molar-refractivity contribution is 0.161. The maximum Gasteiger partial charge on any atom is 0.292 e. The van der Waals surface area contributed by atoms with Crippen molar-refractivity contribution in [1.29, 1.82) is 0 Å². The minimum absolute atomic E-state index is 0.0421. The summed E-state index contributed by atoms with van der Waals surface area (Å²) in [4.78, 5) is 12.7. The van der Waals surface area contributed by atoms with Gasteiger partial charge in [0.2, 0.25) is 0 Å². The van der Waals surface area contributed by atoms with Crippen LogP contribution in [0.2, 0.25) is 0 Å². The van der Waals surface area contributed by atoms with Gasteiger partial charge in [-0.25, -0.2) is 0 Å². The summed E-state index contributed by atoms with van der Waals surface area (Å²) in [6.45, 7) is 8.16. The van der Waals surface area contributed by atoms with E-state index in [1.807, 2.05) is 32.0 Å². The molecule has 114 valence electrons. The molecule has 0 fully saturated rings. The minimum atomic E-state index is 0.0421. The molecule has 2 rings (SSSR count). The van der Waals surface area contributed by atoms with E-state index in [1.54, 1.807) is 0 Å². The van der Waals surface area contributed by atoms with Gasteiger partial charge >= 0.3 is 0 Å². The maximum absolute atomic E-state index is 12.7. The third-order valence-electron chi connectivity index (χ3n) is 3.61. The first-order valence-electron chi connectivity index (χ1n) is 7.79. The quantitative estimate of drug-likeness (QED) is 0.778. The zero-order valence-electron chi connectivity index (χ0n) is 13.4. The second kappa shape index (κ2) is 6.79.